The number of aromatic nitrogens is 2. The number of halogens is 3. The Morgan fingerprint density at radius 3 is 2.48 bits per heavy atom. The van der Waals surface area contributed by atoms with E-state index >= 15 is 0 Å². The summed E-state index contributed by atoms with van der Waals surface area (Å²) >= 11 is 0. The van der Waals surface area contributed by atoms with Crippen LogP contribution >= 0.6 is 0 Å². The first kappa shape index (κ1) is 15.6. The van der Waals surface area contributed by atoms with Gasteiger partial charge in [-0.1, -0.05) is 0 Å². The van der Waals surface area contributed by atoms with Crippen LogP contribution in [-0.4, -0.2) is 27.0 Å². The minimum atomic E-state index is -4.51. The predicted octanol–water partition coefficient (Wildman–Crippen LogP) is 3.77. The van der Waals surface area contributed by atoms with Crippen molar-refractivity contribution in [3.63, 3.8) is 0 Å². The Balaban J connectivity index is 2.23. The third-order valence-electron chi connectivity index (χ3n) is 4.14. The Labute approximate surface area is 131 Å². The summed E-state index contributed by atoms with van der Waals surface area (Å²) in [6, 6.07) is 2.48. The molecule has 0 aliphatic carbocycles. The first-order chi connectivity index (χ1) is 10.7. The molecule has 2 heterocycles. The van der Waals surface area contributed by atoms with Crippen LogP contribution in [0.25, 0.3) is 11.1 Å². The molecule has 0 radical (unpaired) electrons. The lowest BCUT2D eigenvalue weighted by atomic mass is 9.95. The molecule has 0 spiro atoms. The SMILES string of the molecule is Cc1[nH]ncc1-c1cc2c(c(C(F)(F)F)c1)CN(C(C)C)C2=O. The highest BCUT2D eigenvalue weighted by Gasteiger charge is 2.40. The van der Waals surface area contributed by atoms with Crippen LogP contribution in [0.5, 0.6) is 0 Å². The van der Waals surface area contributed by atoms with Crippen molar-refractivity contribution < 1.29 is 18.0 Å². The number of rotatable bonds is 2. The highest BCUT2D eigenvalue weighted by molar-refractivity contribution is 6.00. The van der Waals surface area contributed by atoms with Crippen LogP contribution in [-0.2, 0) is 12.7 Å². The highest BCUT2D eigenvalue weighted by atomic mass is 19.4. The lowest BCUT2D eigenvalue weighted by molar-refractivity contribution is -0.138. The van der Waals surface area contributed by atoms with Gasteiger partial charge in [0, 0.05) is 29.4 Å². The Bertz CT molecular complexity index is 777. The molecule has 0 saturated heterocycles. The van der Waals surface area contributed by atoms with Crippen LogP contribution in [0.2, 0.25) is 0 Å². The molecule has 2 aromatic rings. The summed E-state index contributed by atoms with van der Waals surface area (Å²) in [4.78, 5) is 13.9. The zero-order valence-corrected chi connectivity index (χ0v) is 13.0. The quantitative estimate of drug-likeness (QED) is 0.914. The second kappa shape index (κ2) is 5.11. The average molecular weight is 323 g/mol. The fraction of sp³-hybridized carbons (Fsp3) is 0.375. The summed E-state index contributed by atoms with van der Waals surface area (Å²) in [7, 11) is 0. The van der Waals surface area contributed by atoms with E-state index in [0.717, 1.165) is 6.07 Å². The van der Waals surface area contributed by atoms with Crippen LogP contribution in [0, 0.1) is 6.92 Å². The van der Waals surface area contributed by atoms with Crippen molar-refractivity contribution in [2.45, 2.75) is 39.5 Å². The number of benzene rings is 1. The van der Waals surface area contributed by atoms with E-state index in [1.807, 2.05) is 0 Å². The van der Waals surface area contributed by atoms with Gasteiger partial charge < -0.3 is 4.90 Å². The summed E-state index contributed by atoms with van der Waals surface area (Å²) in [6.45, 7) is 5.30. The molecule has 0 saturated carbocycles. The normalized spacial score (nSPS) is 14.7. The fourth-order valence-corrected chi connectivity index (χ4v) is 2.90. The maximum Gasteiger partial charge on any atom is 0.416 e. The van der Waals surface area contributed by atoms with E-state index in [4.69, 9.17) is 0 Å². The van der Waals surface area contributed by atoms with Gasteiger partial charge in [0.15, 0.2) is 0 Å². The van der Waals surface area contributed by atoms with Crippen LogP contribution in [0.3, 0.4) is 0 Å². The highest BCUT2D eigenvalue weighted by Crippen LogP contribution is 2.40. The van der Waals surface area contributed by atoms with Gasteiger partial charge in [-0.05, 0) is 44.0 Å². The smallest absolute Gasteiger partial charge is 0.332 e. The second-order valence-corrected chi connectivity index (χ2v) is 5.98. The number of carbonyl (C=O) groups is 1. The Morgan fingerprint density at radius 2 is 1.96 bits per heavy atom. The summed E-state index contributed by atoms with van der Waals surface area (Å²) < 4.78 is 40.4. The molecular formula is C16H16F3N3O. The Kier molecular flexibility index (Phi) is 3.46. The number of amides is 1. The summed E-state index contributed by atoms with van der Waals surface area (Å²) in [5.74, 6) is -0.358. The molecule has 0 atom stereocenters. The van der Waals surface area contributed by atoms with E-state index in [2.05, 4.69) is 10.2 Å². The molecule has 1 N–H and O–H groups in total. The lowest BCUT2D eigenvalue weighted by Crippen LogP contribution is -2.30. The van der Waals surface area contributed by atoms with Gasteiger partial charge in [0.05, 0.1) is 11.8 Å². The van der Waals surface area contributed by atoms with E-state index in [1.54, 1.807) is 20.8 Å². The standard InChI is InChI=1S/C16H16F3N3O/c1-8(2)22-7-13-11(15(22)23)4-10(5-14(13)16(17,18)19)12-6-20-21-9(12)3/h4-6,8H,7H2,1-3H3,(H,20,21). The van der Waals surface area contributed by atoms with Crippen molar-refractivity contribution in [1.29, 1.82) is 0 Å². The van der Waals surface area contributed by atoms with E-state index in [1.165, 1.54) is 17.2 Å². The Hall–Kier alpha value is -2.31. The van der Waals surface area contributed by atoms with E-state index in [0.29, 0.717) is 16.8 Å². The number of nitrogens with zero attached hydrogens (tertiary/aromatic N) is 2. The number of fused-ring (bicyclic) bond motifs is 1. The monoisotopic (exact) mass is 323 g/mol. The van der Waals surface area contributed by atoms with Crippen molar-refractivity contribution in [2.24, 2.45) is 0 Å². The summed E-state index contributed by atoms with van der Waals surface area (Å²) in [5, 5.41) is 6.55. The molecule has 3 rings (SSSR count). The molecule has 1 aromatic heterocycles. The number of hydrogen-bond acceptors (Lipinski definition) is 2. The molecule has 1 amide bonds. The first-order valence-electron chi connectivity index (χ1n) is 7.25. The number of nitrogens with one attached hydrogen (secondary N) is 1. The zero-order chi connectivity index (χ0) is 16.9. The van der Waals surface area contributed by atoms with E-state index < -0.39 is 11.7 Å². The molecule has 0 unspecified atom stereocenters. The summed E-state index contributed by atoms with van der Waals surface area (Å²) in [5.41, 5.74) is 1.01. The third kappa shape index (κ3) is 2.50. The first-order valence-corrected chi connectivity index (χ1v) is 7.25. The van der Waals surface area contributed by atoms with Gasteiger partial charge in [0.2, 0.25) is 0 Å². The van der Waals surface area contributed by atoms with Crippen molar-refractivity contribution >= 4 is 5.91 Å². The van der Waals surface area contributed by atoms with Crippen molar-refractivity contribution in [2.75, 3.05) is 0 Å². The van der Waals surface area contributed by atoms with Crippen LogP contribution in [0.4, 0.5) is 13.2 Å². The number of hydrogen-bond donors (Lipinski definition) is 1. The van der Waals surface area contributed by atoms with Gasteiger partial charge in [-0.2, -0.15) is 18.3 Å². The molecule has 1 aliphatic heterocycles. The number of aromatic amines is 1. The van der Waals surface area contributed by atoms with Crippen molar-refractivity contribution in [1.82, 2.24) is 15.1 Å². The third-order valence-corrected chi connectivity index (χ3v) is 4.14. The maximum atomic E-state index is 13.5. The molecular weight excluding hydrogens is 307 g/mol. The van der Waals surface area contributed by atoms with Crippen LogP contribution < -0.4 is 0 Å². The zero-order valence-electron chi connectivity index (χ0n) is 13.0. The molecule has 4 nitrogen and oxygen atoms in total. The molecule has 0 bridgehead atoms. The maximum absolute atomic E-state index is 13.5. The van der Waals surface area contributed by atoms with Crippen molar-refractivity contribution in [3.05, 3.63) is 40.7 Å². The average Bonchev–Trinajstić information content (AvgIpc) is 3.01. The number of aryl methyl sites for hydroxylation is 1. The number of alkyl halides is 3. The minimum absolute atomic E-state index is 0.00861. The second-order valence-electron chi connectivity index (χ2n) is 5.98. The predicted molar refractivity (Wildman–Crippen MR) is 78.8 cm³/mol. The molecule has 0 fully saturated rings. The molecule has 1 aliphatic rings. The number of carbonyl (C=O) groups excluding carboxylic acids is 1. The number of H-pyrrole nitrogens is 1. The molecule has 122 valence electrons. The largest absolute Gasteiger partial charge is 0.416 e. The minimum Gasteiger partial charge on any atom is -0.332 e. The van der Waals surface area contributed by atoms with E-state index in [-0.39, 0.29) is 29.6 Å². The van der Waals surface area contributed by atoms with Crippen molar-refractivity contribution in [3.8, 4) is 11.1 Å². The van der Waals surface area contributed by atoms with Gasteiger partial charge >= 0.3 is 6.18 Å². The van der Waals surface area contributed by atoms with Gasteiger partial charge in [0.1, 0.15) is 0 Å². The lowest BCUT2D eigenvalue weighted by Gasteiger charge is -2.20. The molecule has 1 aromatic carbocycles. The molecule has 23 heavy (non-hydrogen) atoms. The summed E-state index contributed by atoms with van der Waals surface area (Å²) in [6.07, 6.45) is -3.04. The van der Waals surface area contributed by atoms with E-state index in [9.17, 15) is 18.0 Å². The fourth-order valence-electron chi connectivity index (χ4n) is 2.90. The van der Waals surface area contributed by atoms with Gasteiger partial charge in [0.25, 0.3) is 5.91 Å². The topological polar surface area (TPSA) is 49.0 Å². The van der Waals surface area contributed by atoms with Crippen LogP contribution in [0.1, 0.15) is 41.0 Å². The van der Waals surface area contributed by atoms with Crippen LogP contribution in [0.15, 0.2) is 18.3 Å². The van der Waals surface area contributed by atoms with Gasteiger partial charge in [-0.25, -0.2) is 0 Å². The van der Waals surface area contributed by atoms with Gasteiger partial charge in [-0.15, -0.1) is 0 Å². The molecule has 7 heteroatoms. The Morgan fingerprint density at radius 1 is 1.26 bits per heavy atom. The van der Waals surface area contributed by atoms with Gasteiger partial charge in [-0.3, -0.25) is 9.89 Å².